The summed E-state index contributed by atoms with van der Waals surface area (Å²) >= 11 is 0. The minimum absolute atomic E-state index is 0.209. The average Bonchev–Trinajstić information content (AvgIpc) is 2.27. The zero-order chi connectivity index (χ0) is 13.2. The van der Waals surface area contributed by atoms with E-state index in [1.165, 1.54) is 6.42 Å². The Bertz CT molecular complexity index is 341. The lowest BCUT2D eigenvalue weighted by atomic mass is 9.72. The fourth-order valence-electron chi connectivity index (χ4n) is 2.76. The van der Waals surface area contributed by atoms with Gasteiger partial charge in [0.2, 0.25) is 0 Å². The molecule has 0 aromatic heterocycles. The van der Waals surface area contributed by atoms with Crippen LogP contribution in [0.5, 0.6) is 0 Å². The van der Waals surface area contributed by atoms with Gasteiger partial charge in [-0.15, -0.1) is 0 Å². The lowest BCUT2D eigenvalue weighted by molar-refractivity contribution is -0.151. The summed E-state index contributed by atoms with van der Waals surface area (Å²) < 4.78 is 0. The van der Waals surface area contributed by atoms with E-state index in [2.05, 4.69) is 10.6 Å². The molecule has 2 rings (SSSR count). The van der Waals surface area contributed by atoms with Gasteiger partial charge in [-0.1, -0.05) is 12.8 Å². The van der Waals surface area contributed by atoms with Gasteiger partial charge >= 0.3 is 12.0 Å². The molecule has 102 valence electrons. The number of aliphatic carboxylic acids is 1. The Morgan fingerprint density at radius 2 is 1.83 bits per heavy atom. The first-order valence-corrected chi connectivity index (χ1v) is 6.83. The lowest BCUT2D eigenvalue weighted by Crippen LogP contribution is -2.56. The molecule has 5 nitrogen and oxygen atoms in total. The Hall–Kier alpha value is -1.26. The van der Waals surface area contributed by atoms with Crippen molar-refractivity contribution in [3.05, 3.63) is 0 Å². The summed E-state index contributed by atoms with van der Waals surface area (Å²) in [6, 6.07) is -0.187. The molecule has 0 aromatic rings. The van der Waals surface area contributed by atoms with Crippen molar-refractivity contribution in [2.45, 2.75) is 64.0 Å². The maximum Gasteiger partial charge on any atom is 0.315 e. The predicted molar refractivity (Wildman–Crippen MR) is 67.3 cm³/mol. The number of nitrogens with one attached hydrogen (secondary N) is 2. The van der Waals surface area contributed by atoms with Crippen molar-refractivity contribution < 1.29 is 14.7 Å². The van der Waals surface area contributed by atoms with Gasteiger partial charge in [-0.3, -0.25) is 4.79 Å². The largest absolute Gasteiger partial charge is 0.481 e. The Balaban J connectivity index is 1.92. The molecule has 2 aliphatic rings. The van der Waals surface area contributed by atoms with Crippen LogP contribution in [0, 0.1) is 5.41 Å². The van der Waals surface area contributed by atoms with E-state index in [-0.39, 0.29) is 18.1 Å². The molecule has 2 atom stereocenters. The van der Waals surface area contributed by atoms with E-state index < -0.39 is 11.4 Å². The van der Waals surface area contributed by atoms with E-state index in [1.54, 1.807) is 6.92 Å². The highest BCUT2D eigenvalue weighted by Gasteiger charge is 2.44. The predicted octanol–water partition coefficient (Wildman–Crippen LogP) is 1.87. The molecule has 0 radical (unpaired) electrons. The van der Waals surface area contributed by atoms with Gasteiger partial charge in [-0.05, 0) is 39.0 Å². The molecule has 0 spiro atoms. The van der Waals surface area contributed by atoms with Crippen LogP contribution in [-0.2, 0) is 4.79 Å². The monoisotopic (exact) mass is 254 g/mol. The van der Waals surface area contributed by atoms with Gasteiger partial charge in [0.25, 0.3) is 0 Å². The molecule has 0 bridgehead atoms. The van der Waals surface area contributed by atoms with Crippen molar-refractivity contribution >= 4 is 12.0 Å². The van der Waals surface area contributed by atoms with Crippen LogP contribution in [0.1, 0.15) is 51.9 Å². The number of hydrogen-bond acceptors (Lipinski definition) is 2. The first-order chi connectivity index (χ1) is 8.52. The topological polar surface area (TPSA) is 78.4 Å². The molecule has 2 unspecified atom stereocenters. The van der Waals surface area contributed by atoms with Crippen molar-refractivity contribution in [2.75, 3.05) is 0 Å². The minimum Gasteiger partial charge on any atom is -0.481 e. The fraction of sp³-hybridized carbons (Fsp3) is 0.846. The zero-order valence-corrected chi connectivity index (χ0v) is 10.9. The SMILES string of the molecule is CC1(C(=O)O)CCCCC1NC(=O)NC1CCC1. The highest BCUT2D eigenvalue weighted by atomic mass is 16.4. The molecule has 2 saturated carbocycles. The van der Waals surface area contributed by atoms with Gasteiger partial charge < -0.3 is 15.7 Å². The zero-order valence-electron chi connectivity index (χ0n) is 10.9. The molecule has 0 saturated heterocycles. The summed E-state index contributed by atoms with van der Waals surface area (Å²) in [5, 5.41) is 15.1. The Morgan fingerprint density at radius 1 is 1.11 bits per heavy atom. The van der Waals surface area contributed by atoms with Gasteiger partial charge in [0, 0.05) is 12.1 Å². The Morgan fingerprint density at radius 3 is 2.39 bits per heavy atom. The van der Waals surface area contributed by atoms with Crippen molar-refractivity contribution in [1.29, 1.82) is 0 Å². The average molecular weight is 254 g/mol. The summed E-state index contributed by atoms with van der Waals surface area (Å²) in [5.41, 5.74) is -0.824. The quantitative estimate of drug-likeness (QED) is 0.719. The second-order valence-electron chi connectivity index (χ2n) is 5.77. The number of urea groups is 1. The molecule has 2 fully saturated rings. The summed E-state index contributed by atoms with van der Waals surface area (Å²) in [6.07, 6.45) is 6.53. The van der Waals surface area contributed by atoms with Gasteiger partial charge in [0.1, 0.15) is 0 Å². The molecule has 2 amide bonds. The molecule has 5 heteroatoms. The standard InChI is InChI=1S/C13H22N2O3/c1-13(11(16)17)8-3-2-7-10(13)15-12(18)14-9-5-4-6-9/h9-10H,2-8H2,1H3,(H,16,17)(H2,14,15,18). The van der Waals surface area contributed by atoms with Crippen molar-refractivity contribution in [3.8, 4) is 0 Å². The van der Waals surface area contributed by atoms with Crippen molar-refractivity contribution in [1.82, 2.24) is 10.6 Å². The summed E-state index contributed by atoms with van der Waals surface area (Å²) in [4.78, 5) is 23.2. The summed E-state index contributed by atoms with van der Waals surface area (Å²) in [5.74, 6) is -0.809. The van der Waals surface area contributed by atoms with Crippen LogP contribution in [0.4, 0.5) is 4.79 Å². The highest BCUT2D eigenvalue weighted by Crippen LogP contribution is 2.36. The number of carboxylic acid groups (broad SMARTS) is 1. The van der Waals surface area contributed by atoms with Gasteiger partial charge in [0.05, 0.1) is 5.41 Å². The molecular formula is C13H22N2O3. The van der Waals surface area contributed by atoms with Crippen LogP contribution in [0.15, 0.2) is 0 Å². The van der Waals surface area contributed by atoms with E-state index in [4.69, 9.17) is 0 Å². The van der Waals surface area contributed by atoms with Crippen LogP contribution >= 0.6 is 0 Å². The van der Waals surface area contributed by atoms with E-state index in [9.17, 15) is 14.7 Å². The van der Waals surface area contributed by atoms with Crippen LogP contribution in [0.3, 0.4) is 0 Å². The second-order valence-corrected chi connectivity index (χ2v) is 5.77. The molecule has 18 heavy (non-hydrogen) atoms. The summed E-state index contributed by atoms with van der Waals surface area (Å²) in [6.45, 7) is 1.74. The van der Waals surface area contributed by atoms with E-state index in [1.807, 2.05) is 0 Å². The van der Waals surface area contributed by atoms with Crippen molar-refractivity contribution in [2.24, 2.45) is 5.41 Å². The smallest absolute Gasteiger partial charge is 0.315 e. The van der Waals surface area contributed by atoms with Gasteiger partial charge in [0.15, 0.2) is 0 Å². The summed E-state index contributed by atoms with van der Waals surface area (Å²) in [7, 11) is 0. The number of carbonyl (C=O) groups excluding carboxylic acids is 1. The van der Waals surface area contributed by atoms with E-state index in [0.717, 1.165) is 32.1 Å². The normalized spacial score (nSPS) is 32.4. The van der Waals surface area contributed by atoms with E-state index in [0.29, 0.717) is 6.42 Å². The first kappa shape index (κ1) is 13.2. The van der Waals surface area contributed by atoms with E-state index >= 15 is 0 Å². The van der Waals surface area contributed by atoms with Crippen LogP contribution in [0.25, 0.3) is 0 Å². The molecule has 0 aromatic carbocycles. The van der Waals surface area contributed by atoms with Gasteiger partial charge in [-0.2, -0.15) is 0 Å². The van der Waals surface area contributed by atoms with Crippen LogP contribution in [-0.4, -0.2) is 29.2 Å². The minimum atomic E-state index is -0.824. The number of amides is 2. The Kier molecular flexibility index (Phi) is 3.78. The first-order valence-electron chi connectivity index (χ1n) is 6.83. The molecular weight excluding hydrogens is 232 g/mol. The van der Waals surface area contributed by atoms with Gasteiger partial charge in [-0.25, -0.2) is 4.79 Å². The number of hydrogen-bond donors (Lipinski definition) is 3. The molecule has 0 aliphatic heterocycles. The fourth-order valence-corrected chi connectivity index (χ4v) is 2.76. The molecule has 0 heterocycles. The highest BCUT2D eigenvalue weighted by molar-refractivity contribution is 5.79. The van der Waals surface area contributed by atoms with Crippen LogP contribution in [0.2, 0.25) is 0 Å². The maximum absolute atomic E-state index is 11.8. The maximum atomic E-state index is 11.8. The third-order valence-corrected chi connectivity index (χ3v) is 4.44. The van der Waals surface area contributed by atoms with Crippen molar-refractivity contribution in [3.63, 3.8) is 0 Å². The number of carboxylic acids is 1. The molecule has 3 N–H and O–H groups in total. The second kappa shape index (κ2) is 5.16. The number of rotatable bonds is 3. The lowest BCUT2D eigenvalue weighted by Gasteiger charge is -2.39. The number of carbonyl (C=O) groups is 2. The third-order valence-electron chi connectivity index (χ3n) is 4.44. The Labute approximate surface area is 107 Å². The van der Waals surface area contributed by atoms with Crippen LogP contribution < -0.4 is 10.6 Å². The molecule has 2 aliphatic carbocycles. The third kappa shape index (κ3) is 2.60.